The predicted molar refractivity (Wildman–Crippen MR) is 131 cm³/mol. The number of benzene rings is 3. The number of ether oxygens (including phenoxy) is 1. The molecule has 3 N–H and O–H groups in total. The van der Waals surface area contributed by atoms with E-state index >= 15 is 0 Å². The van der Waals surface area contributed by atoms with Crippen molar-refractivity contribution in [3.05, 3.63) is 89.7 Å². The van der Waals surface area contributed by atoms with Crippen LogP contribution in [0.25, 0.3) is 11.0 Å². The molecule has 4 aromatic rings. The number of ketones is 1. The van der Waals surface area contributed by atoms with E-state index in [2.05, 4.69) is 25.8 Å². The van der Waals surface area contributed by atoms with Gasteiger partial charge < -0.3 is 15.0 Å². The van der Waals surface area contributed by atoms with Gasteiger partial charge in [-0.25, -0.2) is 4.98 Å². The van der Waals surface area contributed by atoms with Gasteiger partial charge in [-0.15, -0.1) is 0 Å². The lowest BCUT2D eigenvalue weighted by molar-refractivity contribution is 0.103. The molecule has 0 saturated heterocycles. The van der Waals surface area contributed by atoms with Gasteiger partial charge in [-0.3, -0.25) is 10.2 Å². The number of methoxy groups -OCH3 is 1. The molecule has 0 amide bonds. The lowest BCUT2D eigenvalue weighted by atomic mass is 10.0. The summed E-state index contributed by atoms with van der Waals surface area (Å²) >= 11 is 5.29. The van der Waals surface area contributed by atoms with Crippen LogP contribution in [0.5, 0.6) is 5.75 Å². The summed E-state index contributed by atoms with van der Waals surface area (Å²) in [4.78, 5) is 20.5. The van der Waals surface area contributed by atoms with E-state index in [0.29, 0.717) is 33.3 Å². The normalized spacial score (nSPS) is 11.2. The van der Waals surface area contributed by atoms with E-state index in [9.17, 15) is 4.79 Å². The fourth-order valence-electron chi connectivity index (χ4n) is 3.10. The van der Waals surface area contributed by atoms with Crippen molar-refractivity contribution in [2.75, 3.05) is 12.4 Å². The number of imidazole rings is 1. The summed E-state index contributed by atoms with van der Waals surface area (Å²) < 4.78 is 5.14. The van der Waals surface area contributed by atoms with E-state index in [0.717, 1.165) is 17.0 Å². The number of hydrogen-bond acceptors (Lipinski definition) is 5. The Labute approximate surface area is 190 Å². The summed E-state index contributed by atoms with van der Waals surface area (Å²) in [7, 11) is 1.62. The molecule has 0 radical (unpaired) electrons. The topological polar surface area (TPSA) is 91.4 Å². The van der Waals surface area contributed by atoms with E-state index in [1.54, 1.807) is 31.4 Å². The van der Waals surface area contributed by atoms with Gasteiger partial charge >= 0.3 is 0 Å². The Morgan fingerprint density at radius 3 is 2.50 bits per heavy atom. The Morgan fingerprint density at radius 2 is 1.78 bits per heavy atom. The first-order chi connectivity index (χ1) is 15.5. The van der Waals surface area contributed by atoms with Crippen LogP contribution in [0.1, 0.15) is 28.7 Å². The molecule has 160 valence electrons. The van der Waals surface area contributed by atoms with Crippen LogP contribution < -0.4 is 15.5 Å². The number of H-pyrrole nitrogens is 1. The van der Waals surface area contributed by atoms with Crippen LogP contribution in [0.3, 0.4) is 0 Å². The second-order valence-electron chi connectivity index (χ2n) is 7.00. The standard InChI is InChI=1S/C24H21N5O2S/c1-15(28-29-24(32)25-18-9-11-19(31-2)12-10-18)23-26-20-13-8-17(14-21(20)27-23)22(30)16-6-4-3-5-7-16/h3-14H,1-2H3,(H,26,27)(H2,25,29,32)/b28-15+. The summed E-state index contributed by atoms with van der Waals surface area (Å²) in [6.45, 7) is 1.82. The number of rotatable bonds is 6. The average Bonchev–Trinajstić information content (AvgIpc) is 3.27. The third-order valence-corrected chi connectivity index (χ3v) is 4.99. The minimum atomic E-state index is -0.0425. The number of carbonyl (C=O) groups excluding carboxylic acids is 1. The molecule has 7 nitrogen and oxygen atoms in total. The van der Waals surface area contributed by atoms with E-state index in [-0.39, 0.29) is 5.78 Å². The Balaban J connectivity index is 1.45. The Bertz CT molecular complexity index is 1300. The summed E-state index contributed by atoms with van der Waals surface area (Å²) in [5, 5.41) is 7.70. The molecule has 3 aromatic carbocycles. The average molecular weight is 444 g/mol. The van der Waals surface area contributed by atoms with Gasteiger partial charge in [0.25, 0.3) is 0 Å². The van der Waals surface area contributed by atoms with Gasteiger partial charge in [0, 0.05) is 16.8 Å². The number of nitrogens with zero attached hydrogens (tertiary/aromatic N) is 2. The molecule has 0 spiro atoms. The number of thiocarbonyl (C=S) groups is 1. The quantitative estimate of drug-likeness (QED) is 0.176. The maximum absolute atomic E-state index is 12.7. The van der Waals surface area contributed by atoms with Gasteiger partial charge in [-0.2, -0.15) is 5.10 Å². The fourth-order valence-corrected chi connectivity index (χ4v) is 3.26. The molecular formula is C24H21N5O2S. The molecule has 1 heterocycles. The van der Waals surface area contributed by atoms with Gasteiger partial charge in [0.15, 0.2) is 16.7 Å². The number of anilines is 1. The highest BCUT2D eigenvalue weighted by molar-refractivity contribution is 7.80. The first-order valence-corrected chi connectivity index (χ1v) is 10.3. The van der Waals surface area contributed by atoms with E-state index < -0.39 is 0 Å². The maximum atomic E-state index is 12.7. The minimum Gasteiger partial charge on any atom is -0.497 e. The van der Waals surface area contributed by atoms with Crippen LogP contribution in [0.2, 0.25) is 0 Å². The molecule has 0 aliphatic rings. The molecule has 32 heavy (non-hydrogen) atoms. The van der Waals surface area contributed by atoms with Crippen LogP contribution in [0.4, 0.5) is 5.69 Å². The monoisotopic (exact) mass is 443 g/mol. The van der Waals surface area contributed by atoms with Gasteiger partial charge in [0.05, 0.1) is 18.1 Å². The molecule has 0 unspecified atom stereocenters. The number of hydrazone groups is 1. The lowest BCUT2D eigenvalue weighted by Crippen LogP contribution is -2.25. The van der Waals surface area contributed by atoms with Crippen molar-refractivity contribution in [3.8, 4) is 5.75 Å². The SMILES string of the molecule is COc1ccc(NC(=S)N/N=C(\C)c2nc3cc(C(=O)c4ccccc4)ccc3[nH]2)cc1. The van der Waals surface area contributed by atoms with Crippen LogP contribution >= 0.6 is 12.2 Å². The van der Waals surface area contributed by atoms with Crippen molar-refractivity contribution >= 4 is 45.5 Å². The Morgan fingerprint density at radius 1 is 1.03 bits per heavy atom. The summed E-state index contributed by atoms with van der Waals surface area (Å²) in [6.07, 6.45) is 0. The number of aromatic nitrogens is 2. The zero-order valence-electron chi connectivity index (χ0n) is 17.5. The predicted octanol–water partition coefficient (Wildman–Crippen LogP) is 4.51. The molecule has 0 atom stereocenters. The van der Waals surface area contributed by atoms with Crippen molar-refractivity contribution < 1.29 is 9.53 Å². The van der Waals surface area contributed by atoms with Crippen molar-refractivity contribution in [1.29, 1.82) is 0 Å². The number of hydrogen-bond donors (Lipinski definition) is 3. The van der Waals surface area contributed by atoms with Crippen LogP contribution in [-0.4, -0.2) is 33.7 Å². The van der Waals surface area contributed by atoms with Gasteiger partial charge in [0.2, 0.25) is 0 Å². The van der Waals surface area contributed by atoms with Crippen molar-refractivity contribution in [2.24, 2.45) is 5.10 Å². The number of fused-ring (bicyclic) bond motifs is 1. The first-order valence-electron chi connectivity index (χ1n) is 9.89. The second kappa shape index (κ2) is 9.40. The largest absolute Gasteiger partial charge is 0.497 e. The molecule has 0 bridgehead atoms. The van der Waals surface area contributed by atoms with E-state index in [4.69, 9.17) is 17.0 Å². The molecular weight excluding hydrogens is 422 g/mol. The second-order valence-corrected chi connectivity index (χ2v) is 7.41. The molecule has 0 aliphatic carbocycles. The van der Waals surface area contributed by atoms with Crippen LogP contribution in [0.15, 0.2) is 77.9 Å². The number of aromatic amines is 1. The van der Waals surface area contributed by atoms with Gasteiger partial charge in [0.1, 0.15) is 11.5 Å². The molecule has 8 heteroatoms. The zero-order valence-corrected chi connectivity index (χ0v) is 18.4. The van der Waals surface area contributed by atoms with Crippen molar-refractivity contribution in [3.63, 3.8) is 0 Å². The zero-order chi connectivity index (χ0) is 22.5. The summed E-state index contributed by atoms with van der Waals surface area (Å²) in [6, 6.07) is 22.0. The molecule has 0 fully saturated rings. The third-order valence-electron chi connectivity index (χ3n) is 4.80. The summed E-state index contributed by atoms with van der Waals surface area (Å²) in [5.41, 5.74) is 6.98. The lowest BCUT2D eigenvalue weighted by Gasteiger charge is -2.08. The molecule has 0 saturated carbocycles. The highest BCUT2D eigenvalue weighted by atomic mass is 32.1. The van der Waals surface area contributed by atoms with Gasteiger partial charge in [-0.1, -0.05) is 30.3 Å². The van der Waals surface area contributed by atoms with Crippen LogP contribution in [0, 0.1) is 0 Å². The van der Waals surface area contributed by atoms with Gasteiger partial charge in [-0.05, 0) is 61.6 Å². The maximum Gasteiger partial charge on any atom is 0.193 e. The number of nitrogens with one attached hydrogen (secondary N) is 3. The number of carbonyl (C=O) groups is 1. The molecule has 1 aromatic heterocycles. The Hall–Kier alpha value is -4.04. The first kappa shape index (κ1) is 21.2. The van der Waals surface area contributed by atoms with Crippen molar-refractivity contribution in [2.45, 2.75) is 6.92 Å². The summed E-state index contributed by atoms with van der Waals surface area (Å²) in [5.74, 6) is 1.31. The van der Waals surface area contributed by atoms with Crippen LogP contribution in [-0.2, 0) is 0 Å². The van der Waals surface area contributed by atoms with E-state index in [1.807, 2.05) is 55.5 Å². The molecule has 4 rings (SSSR count). The fraction of sp³-hybridized carbons (Fsp3) is 0.0833. The van der Waals surface area contributed by atoms with Crippen molar-refractivity contribution in [1.82, 2.24) is 15.4 Å². The highest BCUT2D eigenvalue weighted by Crippen LogP contribution is 2.18. The highest BCUT2D eigenvalue weighted by Gasteiger charge is 2.12. The minimum absolute atomic E-state index is 0.0425. The third kappa shape index (κ3) is 4.81. The molecule has 0 aliphatic heterocycles. The van der Waals surface area contributed by atoms with E-state index in [1.165, 1.54) is 0 Å². The Kier molecular flexibility index (Phi) is 6.23. The smallest absolute Gasteiger partial charge is 0.193 e.